The molecule has 1 heterocycles. The molecular weight excluding hydrogens is 218 g/mol. The van der Waals surface area contributed by atoms with Gasteiger partial charge in [0.2, 0.25) is 0 Å². The van der Waals surface area contributed by atoms with Crippen molar-refractivity contribution >= 4 is 16.9 Å². The van der Waals surface area contributed by atoms with Crippen LogP contribution in [0.1, 0.15) is 18.6 Å². The molecule has 1 aromatic heterocycles. The molecule has 0 fully saturated rings. The molecule has 2 N–H and O–H groups in total. The Morgan fingerprint density at radius 2 is 2.12 bits per heavy atom. The first kappa shape index (κ1) is 11.5. The van der Waals surface area contributed by atoms with Gasteiger partial charge < -0.3 is 10.2 Å². The van der Waals surface area contributed by atoms with Gasteiger partial charge in [-0.15, -0.1) is 0 Å². The number of fused-ring (bicyclic) bond motifs is 1. The maximum Gasteiger partial charge on any atom is 0.309 e. The largest absolute Gasteiger partial charge is 0.481 e. The van der Waals surface area contributed by atoms with Crippen molar-refractivity contribution in [3.8, 4) is 0 Å². The van der Waals surface area contributed by atoms with E-state index in [4.69, 9.17) is 5.11 Å². The molecule has 0 aliphatic heterocycles. The first-order chi connectivity index (χ1) is 8.09. The van der Waals surface area contributed by atoms with Crippen molar-refractivity contribution in [3.05, 3.63) is 42.1 Å². The fourth-order valence-corrected chi connectivity index (χ4v) is 1.70. The number of aliphatic hydroxyl groups excluding tert-OH is 1. The number of pyridine rings is 1. The second-order valence-corrected chi connectivity index (χ2v) is 4.03. The summed E-state index contributed by atoms with van der Waals surface area (Å²) in [6.45, 7) is 1.49. The minimum absolute atomic E-state index is 0.598. The van der Waals surface area contributed by atoms with Gasteiger partial charge in [0.25, 0.3) is 0 Å². The van der Waals surface area contributed by atoms with E-state index in [-0.39, 0.29) is 0 Å². The molecule has 0 bridgehead atoms. The summed E-state index contributed by atoms with van der Waals surface area (Å²) in [6.07, 6.45) is 0.690. The van der Waals surface area contributed by atoms with Gasteiger partial charge in [-0.25, -0.2) is 0 Å². The average Bonchev–Trinajstić information content (AvgIpc) is 2.36. The number of carboxylic acids is 1. The first-order valence-electron chi connectivity index (χ1n) is 5.35. The van der Waals surface area contributed by atoms with E-state index in [1.54, 1.807) is 30.5 Å². The van der Waals surface area contributed by atoms with Crippen molar-refractivity contribution in [2.75, 3.05) is 0 Å². The van der Waals surface area contributed by atoms with Crippen LogP contribution in [0.4, 0.5) is 0 Å². The van der Waals surface area contributed by atoms with Gasteiger partial charge >= 0.3 is 5.97 Å². The summed E-state index contributed by atoms with van der Waals surface area (Å²) in [6, 6.07) is 8.94. The molecule has 0 spiro atoms. The summed E-state index contributed by atoms with van der Waals surface area (Å²) < 4.78 is 0. The smallest absolute Gasteiger partial charge is 0.309 e. The number of carboxylic acid groups (broad SMARTS) is 1. The van der Waals surface area contributed by atoms with E-state index in [1.165, 1.54) is 6.92 Å². The summed E-state index contributed by atoms with van der Waals surface area (Å²) in [5.74, 6) is -1.84. The lowest BCUT2D eigenvalue weighted by Gasteiger charge is -2.15. The molecule has 4 heteroatoms. The molecule has 0 saturated carbocycles. The molecule has 0 amide bonds. The van der Waals surface area contributed by atoms with Gasteiger partial charge in [0.1, 0.15) is 0 Å². The minimum Gasteiger partial charge on any atom is -0.481 e. The molecule has 88 valence electrons. The highest BCUT2D eigenvalue weighted by molar-refractivity contribution is 5.79. The highest BCUT2D eigenvalue weighted by atomic mass is 16.4. The molecule has 1 aromatic carbocycles. The van der Waals surface area contributed by atoms with Gasteiger partial charge in [-0.2, -0.15) is 0 Å². The van der Waals surface area contributed by atoms with Crippen molar-refractivity contribution < 1.29 is 15.0 Å². The van der Waals surface area contributed by atoms with Crippen LogP contribution in [-0.4, -0.2) is 21.2 Å². The number of hydrogen-bond donors (Lipinski definition) is 2. The topological polar surface area (TPSA) is 70.4 Å². The third kappa shape index (κ3) is 2.26. The van der Waals surface area contributed by atoms with E-state index in [1.807, 2.05) is 6.07 Å². The lowest BCUT2D eigenvalue weighted by Crippen LogP contribution is -2.18. The molecule has 0 aliphatic rings. The zero-order chi connectivity index (χ0) is 12.4. The summed E-state index contributed by atoms with van der Waals surface area (Å²) in [5, 5.41) is 19.7. The van der Waals surface area contributed by atoms with E-state index in [0.29, 0.717) is 5.56 Å². The number of aliphatic hydroxyl groups is 1. The van der Waals surface area contributed by atoms with E-state index in [2.05, 4.69) is 4.98 Å². The lowest BCUT2D eigenvalue weighted by molar-refractivity contribution is -0.145. The van der Waals surface area contributed by atoms with Gasteiger partial charge in [-0.1, -0.05) is 12.1 Å². The maximum absolute atomic E-state index is 10.8. The third-order valence-corrected chi connectivity index (χ3v) is 2.83. The predicted octanol–water partition coefficient (Wildman–Crippen LogP) is 1.99. The molecule has 0 aliphatic carbocycles. The summed E-state index contributed by atoms with van der Waals surface area (Å²) in [5.41, 5.74) is 1.42. The van der Waals surface area contributed by atoms with Crippen LogP contribution in [0.25, 0.3) is 10.9 Å². The van der Waals surface area contributed by atoms with Gasteiger partial charge in [0, 0.05) is 11.6 Å². The molecule has 0 radical (unpaired) electrons. The molecule has 2 rings (SSSR count). The molecule has 2 unspecified atom stereocenters. The van der Waals surface area contributed by atoms with E-state index in [0.717, 1.165) is 10.9 Å². The van der Waals surface area contributed by atoms with Crippen LogP contribution in [0.15, 0.2) is 36.5 Å². The normalized spacial score (nSPS) is 14.5. The molecule has 17 heavy (non-hydrogen) atoms. The fraction of sp³-hybridized carbons (Fsp3) is 0.231. The van der Waals surface area contributed by atoms with E-state index < -0.39 is 18.0 Å². The zero-order valence-electron chi connectivity index (χ0n) is 9.37. The zero-order valence-corrected chi connectivity index (χ0v) is 9.37. The Hall–Kier alpha value is -1.94. The van der Waals surface area contributed by atoms with E-state index in [9.17, 15) is 9.90 Å². The third-order valence-electron chi connectivity index (χ3n) is 2.83. The Morgan fingerprint density at radius 1 is 1.35 bits per heavy atom. The molecular formula is C13H13NO3. The highest BCUT2D eigenvalue weighted by Crippen LogP contribution is 2.24. The average molecular weight is 231 g/mol. The molecule has 2 aromatic rings. The molecule has 0 saturated heterocycles. The van der Waals surface area contributed by atoms with Crippen LogP contribution in [-0.2, 0) is 4.79 Å². The number of carbonyl (C=O) groups is 1. The number of hydrogen-bond acceptors (Lipinski definition) is 3. The van der Waals surface area contributed by atoms with Crippen molar-refractivity contribution in [3.63, 3.8) is 0 Å². The monoisotopic (exact) mass is 231 g/mol. The molecule has 4 nitrogen and oxygen atoms in total. The Labute approximate surface area is 98.5 Å². The van der Waals surface area contributed by atoms with Gasteiger partial charge in [0.15, 0.2) is 0 Å². The van der Waals surface area contributed by atoms with Gasteiger partial charge in [-0.05, 0) is 30.7 Å². The number of nitrogens with zero attached hydrogens (tertiary/aromatic N) is 1. The summed E-state index contributed by atoms with van der Waals surface area (Å²) >= 11 is 0. The quantitative estimate of drug-likeness (QED) is 0.847. The van der Waals surface area contributed by atoms with Crippen molar-refractivity contribution in [2.45, 2.75) is 13.0 Å². The summed E-state index contributed by atoms with van der Waals surface area (Å²) in [4.78, 5) is 15.0. The van der Waals surface area contributed by atoms with Crippen LogP contribution in [0, 0.1) is 5.92 Å². The predicted molar refractivity (Wildman–Crippen MR) is 63.5 cm³/mol. The van der Waals surface area contributed by atoms with E-state index >= 15 is 0 Å². The van der Waals surface area contributed by atoms with Crippen molar-refractivity contribution in [1.29, 1.82) is 0 Å². The van der Waals surface area contributed by atoms with Crippen LogP contribution in [0.2, 0.25) is 0 Å². The van der Waals surface area contributed by atoms with Crippen LogP contribution < -0.4 is 0 Å². The van der Waals surface area contributed by atoms with Crippen molar-refractivity contribution in [2.24, 2.45) is 5.92 Å². The van der Waals surface area contributed by atoms with Crippen LogP contribution in [0.5, 0.6) is 0 Å². The minimum atomic E-state index is -1.01. The van der Waals surface area contributed by atoms with Crippen LogP contribution in [0.3, 0.4) is 0 Å². The number of aromatic nitrogens is 1. The number of aliphatic carboxylic acids is 1. The molecule has 2 atom stereocenters. The SMILES string of the molecule is CC(C(=O)O)C(O)c1ccc2ncccc2c1. The Kier molecular flexibility index (Phi) is 3.06. The van der Waals surface area contributed by atoms with Crippen LogP contribution >= 0.6 is 0 Å². The van der Waals surface area contributed by atoms with Gasteiger partial charge in [-0.3, -0.25) is 9.78 Å². The summed E-state index contributed by atoms with van der Waals surface area (Å²) in [7, 11) is 0. The maximum atomic E-state index is 10.8. The first-order valence-corrected chi connectivity index (χ1v) is 5.35. The second-order valence-electron chi connectivity index (χ2n) is 4.03. The Balaban J connectivity index is 2.39. The highest BCUT2D eigenvalue weighted by Gasteiger charge is 2.22. The standard InChI is InChI=1S/C13H13NO3/c1-8(13(16)17)12(15)10-4-5-11-9(7-10)3-2-6-14-11/h2-8,12,15H,1H3,(H,16,17). The number of benzene rings is 1. The fourth-order valence-electron chi connectivity index (χ4n) is 1.70. The van der Waals surface area contributed by atoms with Crippen molar-refractivity contribution in [1.82, 2.24) is 4.98 Å². The second kappa shape index (κ2) is 4.51. The Bertz CT molecular complexity index is 553. The number of rotatable bonds is 3. The lowest BCUT2D eigenvalue weighted by atomic mass is 9.96. The Morgan fingerprint density at radius 3 is 2.82 bits per heavy atom. The van der Waals surface area contributed by atoms with Gasteiger partial charge in [0.05, 0.1) is 17.5 Å².